The van der Waals surface area contributed by atoms with Crippen molar-refractivity contribution in [3.63, 3.8) is 0 Å². The summed E-state index contributed by atoms with van der Waals surface area (Å²) in [5.74, 6) is 0.574. The van der Waals surface area contributed by atoms with E-state index in [0.717, 1.165) is 35.1 Å². The predicted molar refractivity (Wildman–Crippen MR) is 103 cm³/mol. The van der Waals surface area contributed by atoms with Gasteiger partial charge in [0.25, 0.3) is 0 Å². The normalized spacial score (nSPS) is 20.3. The number of H-pyrrole nitrogens is 1. The first kappa shape index (κ1) is 19.2. The number of amides is 1. The van der Waals surface area contributed by atoms with Gasteiger partial charge in [-0.25, -0.2) is 0 Å². The molecule has 1 saturated heterocycles. The maximum Gasteiger partial charge on any atom is 0.228 e. The van der Waals surface area contributed by atoms with Crippen LogP contribution in [0.4, 0.5) is 5.82 Å². The second kappa shape index (κ2) is 8.34. The van der Waals surface area contributed by atoms with Crippen LogP contribution >= 0.6 is 39.9 Å². The highest BCUT2D eigenvalue weighted by molar-refractivity contribution is 9.10. The molecule has 0 bridgehead atoms. The van der Waals surface area contributed by atoms with Gasteiger partial charge < -0.3 is 10.6 Å². The van der Waals surface area contributed by atoms with Crippen LogP contribution in [0.2, 0.25) is 5.02 Å². The standard InChI is InChI=1S/C16H18BrClN4O.ClH/c1-9-6-10(4-5-19-9)16(23)20-15-8-14(21-22-15)12-7-11(17)2-3-13(12)18;/h2-3,7-10,19H,4-6H2,1H3,(H2,20,21,22,23);1H/t9-,10-;/m0./s1. The molecule has 0 spiro atoms. The zero-order chi connectivity index (χ0) is 16.4. The Morgan fingerprint density at radius 2 is 2.21 bits per heavy atom. The molecule has 0 radical (unpaired) electrons. The summed E-state index contributed by atoms with van der Waals surface area (Å²) in [5.41, 5.74) is 1.61. The lowest BCUT2D eigenvalue weighted by Crippen LogP contribution is -2.40. The van der Waals surface area contributed by atoms with E-state index in [0.29, 0.717) is 16.9 Å². The van der Waals surface area contributed by atoms with Gasteiger partial charge in [-0.05, 0) is 44.5 Å². The predicted octanol–water partition coefficient (Wildman–Crippen LogP) is 4.24. The fourth-order valence-corrected chi connectivity index (χ4v) is 3.41. The number of rotatable bonds is 3. The third-order valence-corrected chi connectivity index (χ3v) is 4.87. The summed E-state index contributed by atoms with van der Waals surface area (Å²) < 4.78 is 0.931. The molecule has 1 fully saturated rings. The minimum Gasteiger partial charge on any atom is -0.314 e. The molecule has 5 nitrogen and oxygen atoms in total. The second-order valence-corrected chi connectivity index (χ2v) is 7.18. The number of carbonyl (C=O) groups is 1. The largest absolute Gasteiger partial charge is 0.314 e. The Bertz CT molecular complexity index is 722. The minimum atomic E-state index is 0. The Labute approximate surface area is 160 Å². The Balaban J connectivity index is 0.00000208. The van der Waals surface area contributed by atoms with Gasteiger partial charge in [0, 0.05) is 28.1 Å². The van der Waals surface area contributed by atoms with Crippen molar-refractivity contribution >= 4 is 51.7 Å². The van der Waals surface area contributed by atoms with Crippen LogP contribution in [0.5, 0.6) is 0 Å². The summed E-state index contributed by atoms with van der Waals surface area (Å²) in [4.78, 5) is 12.4. The van der Waals surface area contributed by atoms with E-state index in [4.69, 9.17) is 11.6 Å². The van der Waals surface area contributed by atoms with Crippen molar-refractivity contribution < 1.29 is 4.79 Å². The highest BCUT2D eigenvalue weighted by Crippen LogP contribution is 2.30. The summed E-state index contributed by atoms with van der Waals surface area (Å²) in [5, 5.41) is 14.0. The molecule has 3 rings (SSSR count). The van der Waals surface area contributed by atoms with Gasteiger partial charge in [-0.1, -0.05) is 27.5 Å². The third kappa shape index (κ3) is 4.51. The summed E-state index contributed by atoms with van der Waals surface area (Å²) in [6, 6.07) is 7.78. The number of carbonyl (C=O) groups excluding carboxylic acids is 1. The van der Waals surface area contributed by atoms with E-state index >= 15 is 0 Å². The van der Waals surface area contributed by atoms with Gasteiger partial charge >= 0.3 is 0 Å². The number of anilines is 1. The smallest absolute Gasteiger partial charge is 0.228 e. The summed E-state index contributed by atoms with van der Waals surface area (Å²) in [6.07, 6.45) is 1.70. The molecule has 1 aliphatic rings. The van der Waals surface area contributed by atoms with Gasteiger partial charge in [-0.15, -0.1) is 12.4 Å². The molecule has 2 aromatic rings. The monoisotopic (exact) mass is 432 g/mol. The fourth-order valence-electron chi connectivity index (χ4n) is 2.83. The summed E-state index contributed by atoms with van der Waals surface area (Å²) in [7, 11) is 0. The van der Waals surface area contributed by atoms with Crippen LogP contribution in [0.15, 0.2) is 28.7 Å². The first-order chi connectivity index (χ1) is 11.0. The number of aromatic nitrogens is 2. The van der Waals surface area contributed by atoms with Crippen molar-refractivity contribution in [1.29, 1.82) is 0 Å². The Kier molecular flexibility index (Phi) is 6.69. The van der Waals surface area contributed by atoms with E-state index in [-0.39, 0.29) is 24.2 Å². The van der Waals surface area contributed by atoms with E-state index in [1.54, 1.807) is 6.07 Å². The van der Waals surface area contributed by atoms with Gasteiger partial charge in [-0.2, -0.15) is 5.10 Å². The lowest BCUT2D eigenvalue weighted by molar-refractivity contribution is -0.120. The van der Waals surface area contributed by atoms with Crippen molar-refractivity contribution in [1.82, 2.24) is 15.5 Å². The molecule has 24 heavy (non-hydrogen) atoms. The Morgan fingerprint density at radius 1 is 1.42 bits per heavy atom. The minimum absolute atomic E-state index is 0. The molecule has 0 saturated carbocycles. The number of piperidine rings is 1. The zero-order valence-electron chi connectivity index (χ0n) is 13.1. The van der Waals surface area contributed by atoms with Crippen molar-refractivity contribution in [2.75, 3.05) is 11.9 Å². The number of aromatic amines is 1. The number of hydrogen-bond acceptors (Lipinski definition) is 3. The van der Waals surface area contributed by atoms with E-state index < -0.39 is 0 Å². The summed E-state index contributed by atoms with van der Waals surface area (Å²) in [6.45, 7) is 2.97. The highest BCUT2D eigenvalue weighted by atomic mass is 79.9. The van der Waals surface area contributed by atoms with Crippen LogP contribution in [-0.4, -0.2) is 28.7 Å². The molecule has 130 valence electrons. The second-order valence-electron chi connectivity index (χ2n) is 5.86. The molecule has 2 heterocycles. The lowest BCUT2D eigenvalue weighted by Gasteiger charge is -2.26. The third-order valence-electron chi connectivity index (χ3n) is 4.04. The van der Waals surface area contributed by atoms with Crippen LogP contribution in [0, 0.1) is 5.92 Å². The molecule has 1 aromatic heterocycles. The Morgan fingerprint density at radius 3 is 2.96 bits per heavy atom. The topological polar surface area (TPSA) is 69.8 Å². The number of halogens is 3. The zero-order valence-corrected chi connectivity index (χ0v) is 16.3. The summed E-state index contributed by atoms with van der Waals surface area (Å²) >= 11 is 9.65. The van der Waals surface area contributed by atoms with Crippen LogP contribution < -0.4 is 10.6 Å². The molecular weight excluding hydrogens is 415 g/mol. The number of nitrogens with one attached hydrogen (secondary N) is 3. The molecular formula is C16H19BrCl2N4O. The molecule has 8 heteroatoms. The molecule has 2 atom stereocenters. The van der Waals surface area contributed by atoms with Crippen molar-refractivity contribution in [2.45, 2.75) is 25.8 Å². The van der Waals surface area contributed by atoms with Gasteiger partial charge in [0.2, 0.25) is 5.91 Å². The number of nitrogens with zero attached hydrogens (tertiary/aromatic N) is 1. The first-order valence-electron chi connectivity index (χ1n) is 7.58. The SMILES string of the molecule is C[C@H]1C[C@@H](C(=O)Nc2cc(-c3cc(Br)ccc3Cl)[nH]n2)CCN1.Cl. The van der Waals surface area contributed by atoms with Gasteiger partial charge in [-0.3, -0.25) is 9.89 Å². The molecule has 1 aromatic carbocycles. The van der Waals surface area contributed by atoms with Gasteiger partial charge in [0.15, 0.2) is 5.82 Å². The van der Waals surface area contributed by atoms with E-state index in [2.05, 4.69) is 43.7 Å². The maximum absolute atomic E-state index is 12.4. The van der Waals surface area contributed by atoms with Crippen LogP contribution in [0.1, 0.15) is 19.8 Å². The van der Waals surface area contributed by atoms with Crippen molar-refractivity contribution in [2.24, 2.45) is 5.92 Å². The van der Waals surface area contributed by atoms with Crippen LogP contribution in [0.25, 0.3) is 11.3 Å². The lowest BCUT2D eigenvalue weighted by atomic mass is 9.92. The molecule has 1 aliphatic heterocycles. The number of benzene rings is 1. The van der Waals surface area contributed by atoms with E-state index in [9.17, 15) is 4.79 Å². The van der Waals surface area contributed by atoms with Crippen molar-refractivity contribution in [3.8, 4) is 11.3 Å². The average Bonchev–Trinajstić information content (AvgIpc) is 2.98. The molecule has 1 amide bonds. The quantitative estimate of drug-likeness (QED) is 0.677. The van der Waals surface area contributed by atoms with E-state index in [1.165, 1.54) is 0 Å². The Hall–Kier alpha value is -1.08. The fraction of sp³-hybridized carbons (Fsp3) is 0.375. The molecule has 0 unspecified atom stereocenters. The van der Waals surface area contributed by atoms with Crippen LogP contribution in [0.3, 0.4) is 0 Å². The first-order valence-corrected chi connectivity index (χ1v) is 8.75. The van der Waals surface area contributed by atoms with Gasteiger partial charge in [0.1, 0.15) is 0 Å². The highest BCUT2D eigenvalue weighted by Gasteiger charge is 2.25. The van der Waals surface area contributed by atoms with Crippen molar-refractivity contribution in [3.05, 3.63) is 33.8 Å². The molecule has 3 N–H and O–H groups in total. The molecule has 0 aliphatic carbocycles. The van der Waals surface area contributed by atoms with Crippen LogP contribution in [-0.2, 0) is 4.79 Å². The maximum atomic E-state index is 12.4. The van der Waals surface area contributed by atoms with Gasteiger partial charge in [0.05, 0.1) is 10.7 Å². The number of hydrogen-bond donors (Lipinski definition) is 3. The average molecular weight is 434 g/mol. The van der Waals surface area contributed by atoms with E-state index in [1.807, 2.05) is 18.2 Å².